The molecule has 244 valence electrons. The number of hydrogen-bond donors (Lipinski definition) is 2. The van der Waals surface area contributed by atoms with E-state index in [1.807, 2.05) is 74.5 Å². The quantitative estimate of drug-likeness (QED) is 0.208. The van der Waals surface area contributed by atoms with Gasteiger partial charge in [-0.05, 0) is 92.4 Å². The van der Waals surface area contributed by atoms with Gasteiger partial charge in [0.05, 0.1) is 29.7 Å². The van der Waals surface area contributed by atoms with Gasteiger partial charge >= 0.3 is 5.69 Å². The first kappa shape index (κ1) is 31.4. The molecular weight excluding hydrogens is 672 g/mol. The molecule has 48 heavy (non-hydrogen) atoms. The molecule has 1 aliphatic carbocycles. The molecular formula is C37H35BrN6O4. The van der Waals surface area contributed by atoms with Crippen LogP contribution in [0.4, 0.5) is 5.82 Å². The molecule has 7 rings (SSSR count). The lowest BCUT2D eigenvalue weighted by atomic mass is 10.0. The van der Waals surface area contributed by atoms with Crippen molar-refractivity contribution in [2.75, 3.05) is 5.73 Å². The molecule has 2 aliphatic rings. The fourth-order valence-corrected chi connectivity index (χ4v) is 6.39. The minimum atomic E-state index is -0.434. The average Bonchev–Trinajstić information content (AvgIpc) is 3.86. The van der Waals surface area contributed by atoms with Crippen LogP contribution in [-0.4, -0.2) is 43.0 Å². The van der Waals surface area contributed by atoms with Crippen LogP contribution in [0.1, 0.15) is 57.4 Å². The lowest BCUT2D eigenvalue weighted by molar-refractivity contribution is 0.0610. The van der Waals surface area contributed by atoms with Gasteiger partial charge in [-0.1, -0.05) is 46.3 Å². The van der Waals surface area contributed by atoms with E-state index in [4.69, 9.17) is 10.5 Å². The Morgan fingerprint density at radius 2 is 1.79 bits per heavy atom. The van der Waals surface area contributed by atoms with E-state index in [0.29, 0.717) is 34.2 Å². The Morgan fingerprint density at radius 1 is 1.02 bits per heavy atom. The highest BCUT2D eigenvalue weighted by molar-refractivity contribution is 9.10. The largest absolute Gasteiger partial charge is 0.490 e. The summed E-state index contributed by atoms with van der Waals surface area (Å²) in [5, 5.41) is 3.06. The second-order valence-corrected chi connectivity index (χ2v) is 13.2. The molecule has 5 aromatic rings. The third-order valence-electron chi connectivity index (χ3n) is 8.85. The maximum absolute atomic E-state index is 14.3. The Bertz CT molecular complexity index is 2100. The van der Waals surface area contributed by atoms with Gasteiger partial charge in [-0.3, -0.25) is 18.7 Å². The number of nitrogen functional groups attached to an aromatic ring is 1. The number of amides is 2. The van der Waals surface area contributed by atoms with Crippen LogP contribution in [0.3, 0.4) is 0 Å². The van der Waals surface area contributed by atoms with Gasteiger partial charge in [-0.25, -0.2) is 9.78 Å². The Labute approximate surface area is 286 Å². The van der Waals surface area contributed by atoms with Crippen molar-refractivity contribution in [3.8, 4) is 22.7 Å². The normalized spacial score (nSPS) is 15.6. The van der Waals surface area contributed by atoms with E-state index in [1.165, 1.54) is 4.57 Å². The predicted molar refractivity (Wildman–Crippen MR) is 187 cm³/mol. The summed E-state index contributed by atoms with van der Waals surface area (Å²) in [6, 6.07) is 25.5. The zero-order valence-electron chi connectivity index (χ0n) is 26.7. The fraction of sp³-hybridized carbons (Fsp3) is 0.243. The van der Waals surface area contributed by atoms with E-state index >= 15 is 0 Å². The highest BCUT2D eigenvalue weighted by atomic mass is 79.9. The van der Waals surface area contributed by atoms with Gasteiger partial charge in [0, 0.05) is 34.7 Å². The van der Waals surface area contributed by atoms with Gasteiger partial charge in [0.15, 0.2) is 0 Å². The number of nitrogens with zero attached hydrogens (tertiary/aromatic N) is 4. The third kappa shape index (κ3) is 6.13. The number of carbonyl (C=O) groups is 2. The Morgan fingerprint density at radius 3 is 2.52 bits per heavy atom. The van der Waals surface area contributed by atoms with Crippen molar-refractivity contribution in [3.05, 3.63) is 128 Å². The number of nitrogens with one attached hydrogen (secondary N) is 1. The minimum Gasteiger partial charge on any atom is -0.490 e. The first-order valence-corrected chi connectivity index (χ1v) is 16.7. The Hall–Kier alpha value is -5.16. The summed E-state index contributed by atoms with van der Waals surface area (Å²) >= 11 is 3.51. The molecule has 3 N–H and O–H groups in total. The summed E-state index contributed by atoms with van der Waals surface area (Å²) in [4.78, 5) is 48.4. The van der Waals surface area contributed by atoms with Crippen LogP contribution in [0.5, 0.6) is 5.75 Å². The summed E-state index contributed by atoms with van der Waals surface area (Å²) in [6.45, 7) is 4.36. The molecule has 0 saturated heterocycles. The minimum absolute atomic E-state index is 0.0901. The SMILES string of the molecule is Cc1cc(C(=O)N2Cc3c(C(=O)NCc4ccccc4-c4cccc(N)n4)n(-c4ccc(OC5CC5)cc4)c(=O)n3CC2C)ccc1Br. The van der Waals surface area contributed by atoms with Gasteiger partial charge < -0.3 is 20.7 Å². The third-order valence-corrected chi connectivity index (χ3v) is 9.74. The van der Waals surface area contributed by atoms with Crippen molar-refractivity contribution in [1.29, 1.82) is 0 Å². The summed E-state index contributed by atoms with van der Waals surface area (Å²) in [5.74, 6) is 0.513. The van der Waals surface area contributed by atoms with Gasteiger partial charge in [0.25, 0.3) is 11.8 Å². The number of aryl methyl sites for hydroxylation is 1. The van der Waals surface area contributed by atoms with Crippen molar-refractivity contribution in [3.63, 3.8) is 0 Å². The molecule has 10 nitrogen and oxygen atoms in total. The predicted octanol–water partition coefficient (Wildman–Crippen LogP) is 5.87. The maximum atomic E-state index is 14.3. The molecule has 3 heterocycles. The number of halogens is 1. The van der Waals surface area contributed by atoms with Crippen molar-refractivity contribution < 1.29 is 14.3 Å². The Kier molecular flexibility index (Phi) is 8.38. The second-order valence-electron chi connectivity index (χ2n) is 12.4. The summed E-state index contributed by atoms with van der Waals surface area (Å²) in [5.41, 5.74) is 10.7. The average molecular weight is 708 g/mol. The molecule has 1 atom stereocenters. The first-order valence-electron chi connectivity index (χ1n) is 16.0. The number of rotatable bonds is 8. The lowest BCUT2D eigenvalue weighted by Crippen LogP contribution is -2.47. The van der Waals surface area contributed by atoms with Crippen LogP contribution in [-0.2, 0) is 19.6 Å². The molecule has 1 aliphatic heterocycles. The van der Waals surface area contributed by atoms with Crippen LogP contribution < -0.4 is 21.5 Å². The van der Waals surface area contributed by atoms with Gasteiger partial charge in [-0.15, -0.1) is 0 Å². The maximum Gasteiger partial charge on any atom is 0.333 e. The van der Waals surface area contributed by atoms with Gasteiger partial charge in [0.1, 0.15) is 17.3 Å². The van der Waals surface area contributed by atoms with Crippen LogP contribution >= 0.6 is 15.9 Å². The number of hydrogen-bond acceptors (Lipinski definition) is 6. The highest BCUT2D eigenvalue weighted by Gasteiger charge is 2.35. The lowest BCUT2D eigenvalue weighted by Gasteiger charge is -2.34. The van der Waals surface area contributed by atoms with E-state index in [0.717, 1.165) is 34.0 Å². The molecule has 1 saturated carbocycles. The standard InChI is InChI=1S/C37H35BrN6O4/c1-22-18-24(10-17-30(22)38)36(46)42-21-32-34(35(45)40-19-25-6-3-4-7-29(25)31-8-5-9-33(39)41-31)44(37(47)43(32)20-23(42)2)26-11-13-27(14-12-26)48-28-15-16-28/h3-14,17-18,23,28H,15-16,19-21H2,1-2H3,(H2,39,41)(H,40,45). The van der Waals surface area contributed by atoms with Crippen LogP contribution in [0.15, 0.2) is 94.2 Å². The van der Waals surface area contributed by atoms with Gasteiger partial charge in [0.2, 0.25) is 0 Å². The van der Waals surface area contributed by atoms with Crippen molar-refractivity contribution >= 4 is 33.6 Å². The number of ether oxygens (including phenoxy) is 1. The van der Waals surface area contributed by atoms with Gasteiger partial charge in [-0.2, -0.15) is 0 Å². The summed E-state index contributed by atoms with van der Waals surface area (Å²) < 4.78 is 9.91. The molecule has 2 aromatic heterocycles. The number of anilines is 1. The smallest absolute Gasteiger partial charge is 0.333 e. The number of fused-ring (bicyclic) bond motifs is 1. The molecule has 11 heteroatoms. The zero-order chi connectivity index (χ0) is 33.5. The van der Waals surface area contributed by atoms with Crippen LogP contribution in [0.2, 0.25) is 0 Å². The van der Waals surface area contributed by atoms with E-state index in [2.05, 4.69) is 26.2 Å². The summed E-state index contributed by atoms with van der Waals surface area (Å²) in [7, 11) is 0. The number of imidazole rings is 1. The Balaban J connectivity index is 1.26. The number of aromatic nitrogens is 3. The molecule has 0 bridgehead atoms. The zero-order valence-corrected chi connectivity index (χ0v) is 28.2. The van der Waals surface area contributed by atoms with Crippen LogP contribution in [0, 0.1) is 6.92 Å². The first-order chi connectivity index (χ1) is 23.2. The molecule has 1 unspecified atom stereocenters. The number of carbonyl (C=O) groups excluding carboxylic acids is 2. The monoisotopic (exact) mass is 706 g/mol. The topological polar surface area (TPSA) is 124 Å². The van der Waals surface area contributed by atoms with Crippen molar-refractivity contribution in [2.45, 2.75) is 58.5 Å². The van der Waals surface area contributed by atoms with E-state index in [9.17, 15) is 14.4 Å². The number of pyridine rings is 1. The fourth-order valence-electron chi connectivity index (χ4n) is 6.14. The number of benzene rings is 3. The van der Waals surface area contributed by atoms with E-state index in [-0.39, 0.29) is 49.1 Å². The molecule has 0 spiro atoms. The van der Waals surface area contributed by atoms with E-state index in [1.54, 1.807) is 33.7 Å². The number of nitrogens with two attached hydrogens (primary N) is 1. The van der Waals surface area contributed by atoms with Crippen LogP contribution in [0.25, 0.3) is 16.9 Å². The van der Waals surface area contributed by atoms with Crippen molar-refractivity contribution in [2.24, 2.45) is 0 Å². The molecule has 1 fully saturated rings. The molecule has 3 aromatic carbocycles. The van der Waals surface area contributed by atoms with E-state index < -0.39 is 5.91 Å². The summed E-state index contributed by atoms with van der Waals surface area (Å²) in [6.07, 6.45) is 2.29. The molecule has 2 amide bonds. The highest BCUT2D eigenvalue weighted by Crippen LogP contribution is 2.29. The van der Waals surface area contributed by atoms with Crippen molar-refractivity contribution in [1.82, 2.24) is 24.3 Å². The second kappa shape index (κ2) is 12.8. The molecule has 0 radical (unpaired) electrons.